The summed E-state index contributed by atoms with van der Waals surface area (Å²) in [5.74, 6) is -0.906. The van der Waals surface area contributed by atoms with Gasteiger partial charge in [0.25, 0.3) is 5.56 Å². The monoisotopic (exact) mass is 507 g/mol. The van der Waals surface area contributed by atoms with E-state index in [1.54, 1.807) is 24.5 Å². The predicted molar refractivity (Wildman–Crippen MR) is 134 cm³/mol. The summed E-state index contributed by atoms with van der Waals surface area (Å²) >= 11 is 0. The summed E-state index contributed by atoms with van der Waals surface area (Å²) in [6.07, 6.45) is 2.04. The second-order valence-electron chi connectivity index (χ2n) is 10.6. The molecule has 2 N–H and O–H groups in total. The first-order valence-corrected chi connectivity index (χ1v) is 12.9. The van der Waals surface area contributed by atoms with Crippen molar-refractivity contribution in [3.63, 3.8) is 0 Å². The van der Waals surface area contributed by atoms with Crippen molar-refractivity contribution in [1.82, 2.24) is 14.5 Å². The lowest BCUT2D eigenvalue weighted by Crippen LogP contribution is -2.44. The predicted octanol–water partition coefficient (Wildman–Crippen LogP) is 2.73. The Labute approximate surface area is 213 Å². The zero-order chi connectivity index (χ0) is 26.1. The molecule has 3 aliphatic rings. The van der Waals surface area contributed by atoms with Gasteiger partial charge in [0.15, 0.2) is 5.60 Å². The lowest BCUT2D eigenvalue weighted by Gasteiger charge is -2.32. The van der Waals surface area contributed by atoms with E-state index in [1.807, 2.05) is 6.07 Å². The Hall–Kier alpha value is -3.14. The number of ether oxygens (including phenoxy) is 1. The minimum absolute atomic E-state index is 0.0659. The van der Waals surface area contributed by atoms with Crippen LogP contribution in [-0.2, 0) is 34.8 Å². The fourth-order valence-electron chi connectivity index (χ4n) is 6.14. The first-order chi connectivity index (χ1) is 17.7. The number of aromatic nitrogens is 2. The topological polar surface area (TPSA) is 105 Å². The van der Waals surface area contributed by atoms with Gasteiger partial charge in [0.2, 0.25) is 0 Å². The van der Waals surface area contributed by atoms with Gasteiger partial charge >= 0.3 is 5.97 Å². The van der Waals surface area contributed by atoms with Gasteiger partial charge in [-0.2, -0.15) is 0 Å². The Morgan fingerprint density at radius 1 is 1.24 bits per heavy atom. The van der Waals surface area contributed by atoms with E-state index in [4.69, 9.17) is 9.72 Å². The summed E-state index contributed by atoms with van der Waals surface area (Å²) in [6.45, 7) is 5.89. The van der Waals surface area contributed by atoms with Crippen LogP contribution in [0.25, 0.3) is 22.3 Å². The minimum Gasteiger partial charge on any atom is -0.458 e. The number of hydrogen-bond acceptors (Lipinski definition) is 7. The van der Waals surface area contributed by atoms with Crippen molar-refractivity contribution in [2.75, 3.05) is 19.7 Å². The molecular weight excluding hydrogens is 477 g/mol. The van der Waals surface area contributed by atoms with Crippen molar-refractivity contribution in [3.05, 3.63) is 62.2 Å². The standard InChI is InChI=1S/C28H30FN3O5/c1-3-28(36)21-8-24-25-19(12-32(24)26(34)20(21)14-37-27(28)35)18(11-31-6-4-5-16(10-31)13-33)17-7-15(2)22(29)9-23(17)30-25/h7-9,16,33,36H,3-6,10-14H2,1-2H3/t16?,28-/m0/s1. The summed E-state index contributed by atoms with van der Waals surface area (Å²) in [4.78, 5) is 33.2. The number of esters is 1. The van der Waals surface area contributed by atoms with Crippen LogP contribution in [0.1, 0.15) is 54.0 Å². The molecule has 8 nitrogen and oxygen atoms in total. The maximum absolute atomic E-state index is 14.6. The van der Waals surface area contributed by atoms with Gasteiger partial charge in [0.05, 0.1) is 29.0 Å². The minimum atomic E-state index is -1.90. The average molecular weight is 508 g/mol. The second kappa shape index (κ2) is 8.72. The average Bonchev–Trinajstić information content (AvgIpc) is 3.26. The van der Waals surface area contributed by atoms with E-state index >= 15 is 0 Å². The van der Waals surface area contributed by atoms with Crippen LogP contribution in [0.4, 0.5) is 4.39 Å². The number of carbonyl (C=O) groups is 1. The van der Waals surface area contributed by atoms with Crippen LogP contribution in [-0.4, -0.2) is 50.3 Å². The van der Waals surface area contributed by atoms with Gasteiger partial charge in [-0.05, 0) is 61.9 Å². The number of nitrogens with zero attached hydrogens (tertiary/aromatic N) is 3. The van der Waals surface area contributed by atoms with Crippen LogP contribution in [0.2, 0.25) is 0 Å². The lowest BCUT2D eigenvalue weighted by molar-refractivity contribution is -0.172. The molecule has 1 saturated heterocycles. The second-order valence-corrected chi connectivity index (χ2v) is 10.6. The number of aliphatic hydroxyl groups is 2. The van der Waals surface area contributed by atoms with E-state index in [9.17, 15) is 24.2 Å². The quantitative estimate of drug-likeness (QED) is 0.409. The van der Waals surface area contributed by atoms with Crippen molar-refractivity contribution >= 4 is 16.9 Å². The number of aryl methyl sites for hydroxylation is 1. The number of rotatable bonds is 4. The van der Waals surface area contributed by atoms with Crippen LogP contribution < -0.4 is 5.56 Å². The molecule has 194 valence electrons. The summed E-state index contributed by atoms with van der Waals surface area (Å²) in [6, 6.07) is 4.93. The van der Waals surface area contributed by atoms with Crippen molar-refractivity contribution in [3.8, 4) is 11.4 Å². The summed E-state index contributed by atoms with van der Waals surface area (Å²) in [5, 5.41) is 21.7. The maximum Gasteiger partial charge on any atom is 0.343 e. The molecule has 0 aliphatic carbocycles. The number of cyclic esters (lactones) is 1. The smallest absolute Gasteiger partial charge is 0.343 e. The Morgan fingerprint density at radius 3 is 2.81 bits per heavy atom. The van der Waals surface area contributed by atoms with Crippen molar-refractivity contribution < 1.29 is 24.1 Å². The summed E-state index contributed by atoms with van der Waals surface area (Å²) in [5.41, 5.74) is 2.28. The number of halogens is 1. The number of fused-ring (bicyclic) bond motifs is 5. The third-order valence-corrected chi connectivity index (χ3v) is 8.33. The Balaban J connectivity index is 1.56. The number of hydrogen-bond donors (Lipinski definition) is 2. The molecule has 0 spiro atoms. The highest BCUT2D eigenvalue weighted by molar-refractivity contribution is 5.89. The molecule has 9 heteroatoms. The molecule has 3 aromatic rings. The van der Waals surface area contributed by atoms with E-state index in [0.29, 0.717) is 35.6 Å². The molecule has 1 unspecified atom stereocenters. The van der Waals surface area contributed by atoms with Gasteiger partial charge < -0.3 is 19.5 Å². The van der Waals surface area contributed by atoms with Gasteiger partial charge in [-0.25, -0.2) is 14.2 Å². The van der Waals surface area contributed by atoms with Gasteiger partial charge in [-0.1, -0.05) is 6.92 Å². The molecule has 1 fully saturated rings. The SMILES string of the molecule is CC[C@@]1(O)C(=O)OCc2c1cc1n(c2=O)Cc2c-1nc1cc(F)c(C)cc1c2CN1CCCC(CO)C1. The van der Waals surface area contributed by atoms with Gasteiger partial charge in [-0.15, -0.1) is 0 Å². The molecule has 1 aromatic carbocycles. The highest BCUT2D eigenvalue weighted by atomic mass is 19.1. The van der Waals surface area contributed by atoms with E-state index in [2.05, 4.69) is 4.90 Å². The molecule has 3 aliphatic heterocycles. The molecular formula is C28H30FN3O5. The lowest BCUT2D eigenvalue weighted by atomic mass is 9.86. The third kappa shape index (κ3) is 3.63. The molecule has 0 amide bonds. The fraction of sp³-hybridized carbons (Fsp3) is 0.464. The number of piperidine rings is 1. The number of pyridine rings is 2. The van der Waals surface area contributed by atoms with E-state index < -0.39 is 11.6 Å². The molecule has 5 heterocycles. The summed E-state index contributed by atoms with van der Waals surface area (Å²) < 4.78 is 21.4. The van der Waals surface area contributed by atoms with Crippen molar-refractivity contribution in [2.24, 2.45) is 5.92 Å². The zero-order valence-electron chi connectivity index (χ0n) is 21.0. The van der Waals surface area contributed by atoms with Crippen LogP contribution in [0, 0.1) is 18.7 Å². The van der Waals surface area contributed by atoms with Crippen LogP contribution >= 0.6 is 0 Å². The van der Waals surface area contributed by atoms with E-state index in [0.717, 1.165) is 42.4 Å². The first kappa shape index (κ1) is 24.2. The van der Waals surface area contributed by atoms with Crippen LogP contribution in [0.5, 0.6) is 0 Å². The summed E-state index contributed by atoms with van der Waals surface area (Å²) in [7, 11) is 0. The number of carbonyl (C=O) groups excluding carboxylic acids is 1. The Kier molecular flexibility index (Phi) is 5.70. The molecule has 2 atom stereocenters. The van der Waals surface area contributed by atoms with Crippen molar-refractivity contribution in [1.29, 1.82) is 0 Å². The zero-order valence-corrected chi connectivity index (χ0v) is 21.0. The Bertz CT molecular complexity index is 1520. The molecule has 0 radical (unpaired) electrons. The third-order valence-electron chi connectivity index (χ3n) is 8.33. The first-order valence-electron chi connectivity index (χ1n) is 12.9. The van der Waals surface area contributed by atoms with Gasteiger partial charge in [0.1, 0.15) is 12.4 Å². The van der Waals surface area contributed by atoms with E-state index in [-0.39, 0.29) is 48.1 Å². The van der Waals surface area contributed by atoms with Gasteiger partial charge in [-0.3, -0.25) is 9.69 Å². The maximum atomic E-state index is 14.6. The number of likely N-dealkylation sites (tertiary alicyclic amines) is 1. The number of aliphatic hydroxyl groups excluding tert-OH is 1. The van der Waals surface area contributed by atoms with E-state index in [1.165, 1.54) is 6.07 Å². The van der Waals surface area contributed by atoms with Crippen LogP contribution in [0.3, 0.4) is 0 Å². The highest BCUT2D eigenvalue weighted by Gasteiger charge is 2.45. The highest BCUT2D eigenvalue weighted by Crippen LogP contribution is 2.41. The molecule has 0 bridgehead atoms. The normalized spacial score (nSPS) is 23.1. The Morgan fingerprint density at radius 2 is 2.05 bits per heavy atom. The molecule has 0 saturated carbocycles. The largest absolute Gasteiger partial charge is 0.458 e. The fourth-order valence-corrected chi connectivity index (χ4v) is 6.14. The molecule has 37 heavy (non-hydrogen) atoms. The van der Waals surface area contributed by atoms with Crippen molar-refractivity contribution in [2.45, 2.75) is 58.4 Å². The van der Waals surface area contributed by atoms with Gasteiger partial charge in [0, 0.05) is 42.3 Å². The molecule has 6 rings (SSSR count). The van der Waals surface area contributed by atoms with Crippen LogP contribution in [0.15, 0.2) is 23.0 Å². The molecule has 2 aromatic heterocycles. The number of benzene rings is 1.